The predicted molar refractivity (Wildman–Crippen MR) is 76.4 cm³/mol. The molecule has 1 aromatic carbocycles. The zero-order chi connectivity index (χ0) is 17.8. The van der Waals surface area contributed by atoms with Crippen LogP contribution in [0.5, 0.6) is 0 Å². The van der Waals surface area contributed by atoms with Crippen LogP contribution in [-0.4, -0.2) is 24.6 Å². The van der Waals surface area contributed by atoms with E-state index in [1.54, 1.807) is 5.48 Å². The van der Waals surface area contributed by atoms with Crippen molar-refractivity contribution >= 4 is 41.7 Å². The number of nitrogens with two attached hydrogens (primary N) is 1. The number of nitrogens with one attached hydrogen (secondary N) is 1. The number of alkyl halides is 6. The Morgan fingerprint density at radius 2 is 1.91 bits per heavy atom. The van der Waals surface area contributed by atoms with E-state index in [9.17, 15) is 27.4 Å². The summed E-state index contributed by atoms with van der Waals surface area (Å²) < 4.78 is 57.2. The molecule has 0 saturated carbocycles. The molecule has 128 valence electrons. The Morgan fingerprint density at radius 1 is 1.30 bits per heavy atom. The average molecular weight is 377 g/mol. The summed E-state index contributed by atoms with van der Waals surface area (Å²) in [6.07, 6.45) is -0.162. The lowest BCUT2D eigenvalue weighted by molar-refractivity contribution is -0.128. The number of hydroxylamine groups is 1. The van der Waals surface area contributed by atoms with Crippen LogP contribution in [0, 0.1) is 0 Å². The van der Waals surface area contributed by atoms with Crippen molar-refractivity contribution in [1.29, 1.82) is 0 Å². The largest absolute Gasteiger partial charge is 0.514 e. The van der Waals surface area contributed by atoms with Gasteiger partial charge in [-0.05, 0) is 28.7 Å². The first-order valence-electron chi connectivity index (χ1n) is 6.07. The molecule has 0 fully saturated rings. The zero-order valence-electron chi connectivity index (χ0n) is 11.3. The molecule has 5 nitrogen and oxygen atoms in total. The molecule has 1 rings (SSSR count). The van der Waals surface area contributed by atoms with E-state index in [0.29, 0.717) is 18.2 Å². The van der Waals surface area contributed by atoms with Gasteiger partial charge in [0, 0.05) is 24.1 Å². The maximum Gasteiger partial charge on any atom is 0.514 e. The van der Waals surface area contributed by atoms with Gasteiger partial charge in [-0.1, -0.05) is 18.2 Å². The van der Waals surface area contributed by atoms with Crippen molar-refractivity contribution in [1.82, 2.24) is 5.48 Å². The van der Waals surface area contributed by atoms with E-state index in [2.05, 4.69) is 4.76 Å². The quantitative estimate of drug-likeness (QED) is 0.290. The van der Waals surface area contributed by atoms with Crippen molar-refractivity contribution in [3.8, 4) is 0 Å². The van der Waals surface area contributed by atoms with Gasteiger partial charge in [0.05, 0.1) is 0 Å². The first kappa shape index (κ1) is 20.0. The van der Waals surface area contributed by atoms with Crippen molar-refractivity contribution in [2.45, 2.75) is 17.2 Å². The van der Waals surface area contributed by atoms with Crippen molar-refractivity contribution in [3.05, 3.63) is 29.3 Å². The van der Waals surface area contributed by atoms with Crippen LogP contribution in [0.2, 0.25) is 0 Å². The summed E-state index contributed by atoms with van der Waals surface area (Å²) >= 11 is 9.67. The third kappa shape index (κ3) is 5.81. The molecule has 0 aromatic heterocycles. The van der Waals surface area contributed by atoms with Crippen LogP contribution in [0.3, 0.4) is 0 Å². The Kier molecular flexibility index (Phi) is 6.66. The third-order valence-corrected chi connectivity index (χ3v) is 3.03. The molecular weight excluding hydrogens is 366 g/mol. The molecule has 0 aliphatic rings. The molecule has 0 aliphatic heterocycles. The highest BCUT2D eigenvalue weighted by Crippen LogP contribution is 2.35. The topological polar surface area (TPSA) is 84.6 Å². The molecule has 0 bridgehead atoms. The average Bonchev–Trinajstić information content (AvgIpc) is 2.42. The van der Waals surface area contributed by atoms with E-state index in [0.717, 1.165) is 0 Å². The van der Waals surface area contributed by atoms with E-state index < -0.39 is 40.4 Å². The van der Waals surface area contributed by atoms with Gasteiger partial charge in [0.25, 0.3) is 0 Å². The fraction of sp³-hybridized carbons (Fsp3) is 0.364. The second-order valence-corrected chi connectivity index (χ2v) is 5.28. The van der Waals surface area contributed by atoms with Gasteiger partial charge in [-0.3, -0.25) is 9.55 Å². The highest BCUT2D eigenvalue weighted by Gasteiger charge is 2.38. The number of halogens is 6. The number of carbonyl (C=O) groups is 1. The maximum atomic E-state index is 13.3. The molecule has 4 N–H and O–H groups in total. The van der Waals surface area contributed by atoms with E-state index >= 15 is 0 Å². The number of hydrogen-bond acceptors (Lipinski definition) is 4. The maximum absolute atomic E-state index is 13.3. The van der Waals surface area contributed by atoms with Gasteiger partial charge in [0.1, 0.15) is 0 Å². The molecule has 0 atom stereocenters. The highest BCUT2D eigenvalue weighted by atomic mass is 35.5. The van der Waals surface area contributed by atoms with Crippen LogP contribution in [0.25, 0.3) is 0 Å². The van der Waals surface area contributed by atoms with Gasteiger partial charge in [-0.2, -0.15) is 17.6 Å². The number of hydrogen-bond donors (Lipinski definition) is 3. The molecule has 23 heavy (non-hydrogen) atoms. The molecule has 0 spiro atoms. The van der Waals surface area contributed by atoms with Crippen LogP contribution in [0.1, 0.15) is 17.5 Å². The van der Waals surface area contributed by atoms with Gasteiger partial charge in [0.15, 0.2) is 0 Å². The molecule has 1 amide bonds. The standard InChI is InChI=1S/C11H11BCl2F4N2O3/c13-10(15,16)6-1-2-7(11(14,17)18)8(5-6)12(22)23-20-9(21)3-4-19/h1-2,5,22H,3-4,19H2,(H,20,21). The summed E-state index contributed by atoms with van der Waals surface area (Å²) in [5.41, 5.74) is 4.21. The molecule has 0 heterocycles. The minimum atomic E-state index is -3.97. The second-order valence-electron chi connectivity index (χ2n) is 4.33. The Labute approximate surface area is 138 Å². The minimum absolute atomic E-state index is 0.0236. The van der Waals surface area contributed by atoms with Crippen LogP contribution < -0.4 is 16.7 Å². The van der Waals surface area contributed by atoms with Gasteiger partial charge >= 0.3 is 17.9 Å². The summed E-state index contributed by atoms with van der Waals surface area (Å²) in [6, 6.07) is 1.70. The van der Waals surface area contributed by atoms with E-state index in [1.807, 2.05) is 0 Å². The van der Waals surface area contributed by atoms with Gasteiger partial charge in [-0.25, -0.2) is 5.48 Å². The molecule has 0 unspecified atom stereocenters. The van der Waals surface area contributed by atoms with Crippen molar-refractivity contribution in [2.24, 2.45) is 5.73 Å². The normalized spacial score (nSPS) is 12.2. The van der Waals surface area contributed by atoms with Gasteiger partial charge in [0.2, 0.25) is 5.91 Å². The highest BCUT2D eigenvalue weighted by molar-refractivity contribution is 6.61. The van der Waals surface area contributed by atoms with Crippen molar-refractivity contribution in [2.75, 3.05) is 6.54 Å². The predicted octanol–water partition coefficient (Wildman–Crippen LogP) is 1.35. The molecule has 0 saturated heterocycles. The van der Waals surface area contributed by atoms with Gasteiger partial charge < -0.3 is 10.8 Å². The fourth-order valence-corrected chi connectivity index (χ4v) is 1.86. The summed E-state index contributed by atoms with van der Waals surface area (Å²) in [4.78, 5) is 11.1. The Balaban J connectivity index is 3.11. The van der Waals surface area contributed by atoms with E-state index in [-0.39, 0.29) is 13.0 Å². The van der Waals surface area contributed by atoms with Crippen LogP contribution in [0.4, 0.5) is 17.6 Å². The SMILES string of the molecule is NCCC(=O)NOB(O)c1cc(C(F)(F)Cl)ccc1C(F)(F)Cl. The Hall–Kier alpha value is -1.07. The third-order valence-electron chi connectivity index (χ3n) is 2.61. The monoisotopic (exact) mass is 376 g/mol. The second kappa shape index (κ2) is 7.67. The first-order valence-corrected chi connectivity index (χ1v) is 6.83. The first-order chi connectivity index (χ1) is 10.5. The molecule has 1 aromatic rings. The Morgan fingerprint density at radius 3 is 2.39 bits per heavy atom. The van der Waals surface area contributed by atoms with E-state index in [1.165, 1.54) is 0 Å². The van der Waals surface area contributed by atoms with E-state index in [4.69, 9.17) is 28.9 Å². The smallest absolute Gasteiger partial charge is 0.422 e. The Bertz CT molecular complexity index is 569. The fourth-order valence-electron chi connectivity index (χ4n) is 1.57. The zero-order valence-corrected chi connectivity index (χ0v) is 12.8. The molecule has 12 heteroatoms. The van der Waals surface area contributed by atoms with Crippen LogP contribution >= 0.6 is 23.2 Å². The molecular formula is C11H11BCl2F4N2O3. The number of amides is 1. The van der Waals surface area contributed by atoms with Crippen molar-refractivity contribution < 1.29 is 32.1 Å². The number of rotatable bonds is 7. The molecule has 0 aliphatic carbocycles. The minimum Gasteiger partial charge on any atom is -0.422 e. The number of carbonyl (C=O) groups excluding carboxylic acids is 1. The summed E-state index contributed by atoms with van der Waals surface area (Å²) in [6.45, 7) is -0.0236. The lowest BCUT2D eigenvalue weighted by Gasteiger charge is -2.18. The number of benzene rings is 1. The lowest BCUT2D eigenvalue weighted by atomic mass is 9.76. The summed E-state index contributed by atoms with van der Waals surface area (Å²) in [5, 5.41) is 1.89. The van der Waals surface area contributed by atoms with Crippen LogP contribution in [0.15, 0.2) is 18.2 Å². The van der Waals surface area contributed by atoms with Crippen LogP contribution in [-0.2, 0) is 20.3 Å². The lowest BCUT2D eigenvalue weighted by Crippen LogP contribution is -2.44. The summed E-state index contributed by atoms with van der Waals surface area (Å²) in [7, 11) is -2.18. The molecule has 0 radical (unpaired) electrons. The van der Waals surface area contributed by atoms with Gasteiger partial charge in [-0.15, -0.1) is 0 Å². The summed E-state index contributed by atoms with van der Waals surface area (Å²) in [5.74, 6) is -0.746. The van der Waals surface area contributed by atoms with Crippen molar-refractivity contribution in [3.63, 3.8) is 0 Å².